The molecule has 8 nitrogen and oxygen atoms in total. The van der Waals surface area contributed by atoms with Crippen LogP contribution in [0.5, 0.6) is 0 Å². The first-order chi connectivity index (χ1) is 15.2. The molecule has 0 fully saturated rings. The van der Waals surface area contributed by atoms with Crippen molar-refractivity contribution in [2.24, 2.45) is 0 Å². The summed E-state index contributed by atoms with van der Waals surface area (Å²) in [6, 6.07) is 19.3. The molecule has 1 heterocycles. The molecule has 1 aromatic heterocycles. The van der Waals surface area contributed by atoms with Crippen LogP contribution in [0.15, 0.2) is 77.8 Å². The molecule has 170 valence electrons. The smallest absolute Gasteiger partial charge is 0.265 e. The van der Waals surface area contributed by atoms with Crippen LogP contribution in [0.4, 0.5) is 11.5 Å². The Hall–Kier alpha value is -2.95. The van der Waals surface area contributed by atoms with Gasteiger partial charge < -0.3 is 5.32 Å². The molecule has 0 aliphatic rings. The minimum atomic E-state index is -3.73. The molecule has 0 amide bonds. The summed E-state index contributed by atoms with van der Waals surface area (Å²) >= 11 is 0. The predicted octanol–water partition coefficient (Wildman–Crippen LogP) is 2.96. The number of hydrogen-bond acceptors (Lipinski definition) is 6. The van der Waals surface area contributed by atoms with Crippen molar-refractivity contribution in [2.45, 2.75) is 24.1 Å². The molecular formula is C22H26N4O4S2. The van der Waals surface area contributed by atoms with Crippen LogP contribution in [0.3, 0.4) is 0 Å². The molecule has 0 atom stereocenters. The summed E-state index contributed by atoms with van der Waals surface area (Å²) in [5.74, 6) is 0.414. The molecule has 0 spiro atoms. The first-order valence-electron chi connectivity index (χ1n) is 10.0. The lowest BCUT2D eigenvalue weighted by atomic mass is 10.1. The fourth-order valence-corrected chi connectivity index (χ4v) is 5.35. The van der Waals surface area contributed by atoms with Crippen LogP contribution < -0.4 is 14.3 Å². The Morgan fingerprint density at radius 1 is 0.906 bits per heavy atom. The number of pyridine rings is 1. The molecule has 2 N–H and O–H groups in total. The van der Waals surface area contributed by atoms with Crippen molar-refractivity contribution in [3.8, 4) is 0 Å². The Morgan fingerprint density at radius 3 is 2.25 bits per heavy atom. The number of aromatic nitrogens is 1. The zero-order chi connectivity index (χ0) is 23.2. The van der Waals surface area contributed by atoms with Crippen LogP contribution in [-0.4, -0.2) is 35.4 Å². The normalized spacial score (nSPS) is 11.8. The van der Waals surface area contributed by atoms with Crippen LogP contribution in [-0.2, 0) is 32.3 Å². The van der Waals surface area contributed by atoms with Crippen LogP contribution in [0, 0.1) is 0 Å². The zero-order valence-electron chi connectivity index (χ0n) is 17.9. The molecule has 32 heavy (non-hydrogen) atoms. The SMILES string of the molecule is CCN(c1ccccc1)S(=O)(=O)c1ccc(NCc2cccc(CS(=O)(=O)NC)c2)nc1. The summed E-state index contributed by atoms with van der Waals surface area (Å²) in [5.41, 5.74) is 2.15. The third kappa shape index (κ3) is 5.84. The summed E-state index contributed by atoms with van der Waals surface area (Å²) in [4.78, 5) is 4.35. The van der Waals surface area contributed by atoms with E-state index in [4.69, 9.17) is 0 Å². The lowest BCUT2D eigenvalue weighted by molar-refractivity contribution is 0.586. The van der Waals surface area contributed by atoms with Gasteiger partial charge in [0.2, 0.25) is 10.0 Å². The Morgan fingerprint density at radius 2 is 1.62 bits per heavy atom. The third-order valence-electron chi connectivity index (χ3n) is 4.79. The second kappa shape index (κ2) is 10.1. The van der Waals surface area contributed by atoms with Crippen molar-refractivity contribution in [3.05, 3.63) is 84.1 Å². The first kappa shape index (κ1) is 23.7. The second-order valence-corrected chi connectivity index (χ2v) is 10.8. The van der Waals surface area contributed by atoms with Crippen molar-refractivity contribution in [3.63, 3.8) is 0 Å². The van der Waals surface area contributed by atoms with Crippen molar-refractivity contribution < 1.29 is 16.8 Å². The highest BCUT2D eigenvalue weighted by Crippen LogP contribution is 2.23. The minimum Gasteiger partial charge on any atom is -0.366 e. The number of benzene rings is 2. The van der Waals surface area contributed by atoms with E-state index in [1.807, 2.05) is 12.1 Å². The largest absolute Gasteiger partial charge is 0.366 e. The van der Waals surface area contributed by atoms with Gasteiger partial charge in [-0.15, -0.1) is 0 Å². The number of nitrogens with zero attached hydrogens (tertiary/aromatic N) is 2. The van der Waals surface area contributed by atoms with Crippen molar-refractivity contribution >= 4 is 31.6 Å². The van der Waals surface area contributed by atoms with Gasteiger partial charge in [-0.25, -0.2) is 26.5 Å². The Kier molecular flexibility index (Phi) is 7.49. The van der Waals surface area contributed by atoms with Crippen molar-refractivity contribution in [1.29, 1.82) is 0 Å². The number of nitrogens with one attached hydrogen (secondary N) is 2. The van der Waals surface area contributed by atoms with E-state index in [0.29, 0.717) is 30.2 Å². The van der Waals surface area contributed by atoms with E-state index in [1.54, 1.807) is 55.5 Å². The molecule has 0 aliphatic heterocycles. The molecule has 3 rings (SSSR count). The average molecular weight is 475 g/mol. The highest BCUT2D eigenvalue weighted by Gasteiger charge is 2.23. The number of anilines is 2. The van der Waals surface area contributed by atoms with Gasteiger partial charge in [0.15, 0.2) is 0 Å². The van der Waals surface area contributed by atoms with E-state index in [0.717, 1.165) is 5.56 Å². The number of para-hydroxylation sites is 1. The lowest BCUT2D eigenvalue weighted by Crippen LogP contribution is -2.30. The average Bonchev–Trinajstić information content (AvgIpc) is 2.79. The van der Waals surface area contributed by atoms with E-state index in [1.165, 1.54) is 23.6 Å². The molecule has 0 unspecified atom stereocenters. The summed E-state index contributed by atoms with van der Waals surface area (Å²) in [6.45, 7) is 2.49. The van der Waals surface area contributed by atoms with E-state index >= 15 is 0 Å². The van der Waals surface area contributed by atoms with Gasteiger partial charge in [0.1, 0.15) is 10.7 Å². The number of rotatable bonds is 10. The van der Waals surface area contributed by atoms with E-state index in [2.05, 4.69) is 15.0 Å². The summed E-state index contributed by atoms with van der Waals surface area (Å²) in [5, 5.41) is 3.13. The fraction of sp³-hybridized carbons (Fsp3) is 0.227. The summed E-state index contributed by atoms with van der Waals surface area (Å²) in [7, 11) is -5.70. The van der Waals surface area contributed by atoms with E-state index in [-0.39, 0.29) is 10.6 Å². The quantitative estimate of drug-likeness (QED) is 0.468. The lowest BCUT2D eigenvalue weighted by Gasteiger charge is -2.22. The van der Waals surface area contributed by atoms with Gasteiger partial charge in [0, 0.05) is 19.3 Å². The summed E-state index contributed by atoms with van der Waals surface area (Å²) in [6.07, 6.45) is 1.33. The minimum absolute atomic E-state index is 0.0997. The Balaban J connectivity index is 1.70. The monoisotopic (exact) mass is 474 g/mol. The van der Waals surface area contributed by atoms with Gasteiger partial charge in [-0.3, -0.25) is 4.31 Å². The molecule has 10 heteroatoms. The predicted molar refractivity (Wildman–Crippen MR) is 126 cm³/mol. The maximum atomic E-state index is 13.0. The van der Waals surface area contributed by atoms with E-state index in [9.17, 15) is 16.8 Å². The second-order valence-electron chi connectivity index (χ2n) is 7.02. The van der Waals surface area contributed by atoms with Crippen LogP contribution in [0.1, 0.15) is 18.1 Å². The molecule has 0 saturated heterocycles. The van der Waals surface area contributed by atoms with Crippen LogP contribution in [0.2, 0.25) is 0 Å². The number of sulfonamides is 2. The molecule has 2 aromatic carbocycles. The van der Waals surface area contributed by atoms with E-state index < -0.39 is 20.0 Å². The van der Waals surface area contributed by atoms with Gasteiger partial charge in [-0.1, -0.05) is 42.5 Å². The van der Waals surface area contributed by atoms with Gasteiger partial charge in [-0.05, 0) is 49.4 Å². The van der Waals surface area contributed by atoms with Crippen LogP contribution in [0.25, 0.3) is 0 Å². The van der Waals surface area contributed by atoms with Gasteiger partial charge >= 0.3 is 0 Å². The van der Waals surface area contributed by atoms with Gasteiger partial charge in [-0.2, -0.15) is 0 Å². The molecule has 0 aliphatic carbocycles. The van der Waals surface area contributed by atoms with Crippen molar-refractivity contribution in [1.82, 2.24) is 9.71 Å². The number of hydrogen-bond donors (Lipinski definition) is 2. The summed E-state index contributed by atoms with van der Waals surface area (Å²) < 4.78 is 53.2. The highest BCUT2D eigenvalue weighted by molar-refractivity contribution is 7.92. The zero-order valence-corrected chi connectivity index (χ0v) is 19.5. The Bertz CT molecular complexity index is 1250. The fourth-order valence-electron chi connectivity index (χ4n) is 3.16. The maximum absolute atomic E-state index is 13.0. The third-order valence-corrected chi connectivity index (χ3v) is 8.01. The van der Waals surface area contributed by atoms with Gasteiger partial charge in [0.25, 0.3) is 10.0 Å². The first-order valence-corrected chi connectivity index (χ1v) is 13.1. The molecule has 0 radical (unpaired) electrons. The standard InChI is InChI=1S/C22H26N4O4S2/c1-3-26(20-10-5-4-6-11-20)32(29,30)21-12-13-22(25-16-21)24-15-18-8-7-9-19(14-18)17-31(27,28)23-2/h4-14,16,23H,3,15,17H2,1-2H3,(H,24,25). The molecular weight excluding hydrogens is 448 g/mol. The molecule has 0 bridgehead atoms. The highest BCUT2D eigenvalue weighted by atomic mass is 32.2. The molecule has 0 saturated carbocycles. The molecule has 3 aromatic rings. The topological polar surface area (TPSA) is 108 Å². The van der Waals surface area contributed by atoms with Crippen LogP contribution >= 0.6 is 0 Å². The maximum Gasteiger partial charge on any atom is 0.265 e. The van der Waals surface area contributed by atoms with Gasteiger partial charge in [0.05, 0.1) is 11.4 Å². The van der Waals surface area contributed by atoms with Crippen molar-refractivity contribution in [2.75, 3.05) is 23.2 Å². The Labute approximate surface area is 189 Å².